The van der Waals surface area contributed by atoms with Gasteiger partial charge in [0.2, 0.25) is 0 Å². The number of halogens is 1. The molecule has 0 aliphatic carbocycles. The minimum atomic E-state index is -0.304. The molecule has 300 valence electrons. The summed E-state index contributed by atoms with van der Waals surface area (Å²) in [7, 11) is 0. The van der Waals surface area contributed by atoms with Crippen LogP contribution in [-0.2, 0) is 0 Å². The normalized spacial score (nSPS) is 11.8. The fraction of sp³-hybridized carbons (Fsp3) is 0. The van der Waals surface area contributed by atoms with Gasteiger partial charge in [0.25, 0.3) is 0 Å². The maximum absolute atomic E-state index is 17.5. The SMILES string of the molecule is Fc1cc(-c2ccccc2)cc(-c2ccccc2)c1N(c1ccccc1)c1ccc2ccc3c(N(c4ccccc4)c4cc5ccc6cccc7oc(c4)c5c67)ccc4ccc1c2c43. The molecule has 0 saturated carbocycles. The van der Waals surface area contributed by atoms with Gasteiger partial charge in [0, 0.05) is 44.5 Å². The van der Waals surface area contributed by atoms with E-state index in [2.05, 4.69) is 161 Å². The van der Waals surface area contributed by atoms with Crippen LogP contribution in [-0.4, -0.2) is 0 Å². The summed E-state index contributed by atoms with van der Waals surface area (Å²) >= 11 is 0. The predicted molar refractivity (Wildman–Crippen MR) is 266 cm³/mol. The summed E-state index contributed by atoms with van der Waals surface area (Å²) in [5, 5.41) is 11.3. The molecule has 0 unspecified atom stereocenters. The molecule has 64 heavy (non-hydrogen) atoms. The van der Waals surface area contributed by atoms with Crippen LogP contribution in [0.4, 0.5) is 38.5 Å². The van der Waals surface area contributed by atoms with Crippen molar-refractivity contribution in [2.75, 3.05) is 9.80 Å². The smallest absolute Gasteiger partial charge is 0.148 e. The Morgan fingerprint density at radius 2 is 0.844 bits per heavy atom. The van der Waals surface area contributed by atoms with Crippen LogP contribution in [0.2, 0.25) is 0 Å². The molecule has 0 amide bonds. The Bertz CT molecular complexity index is 3850. The molecule has 13 rings (SSSR count). The van der Waals surface area contributed by atoms with Gasteiger partial charge in [-0.1, -0.05) is 158 Å². The van der Waals surface area contributed by atoms with Gasteiger partial charge in [0.15, 0.2) is 0 Å². The van der Waals surface area contributed by atoms with Crippen LogP contribution in [0, 0.1) is 5.82 Å². The van der Waals surface area contributed by atoms with E-state index in [4.69, 9.17) is 4.42 Å². The summed E-state index contributed by atoms with van der Waals surface area (Å²) in [5.41, 5.74) is 10.6. The number of benzene rings is 12. The molecule has 3 nitrogen and oxygen atoms in total. The molecule has 0 atom stereocenters. The number of para-hydroxylation sites is 2. The minimum absolute atomic E-state index is 0.304. The van der Waals surface area contributed by atoms with E-state index in [-0.39, 0.29) is 5.82 Å². The van der Waals surface area contributed by atoms with Gasteiger partial charge in [-0.3, -0.25) is 0 Å². The second-order valence-corrected chi connectivity index (χ2v) is 16.6. The highest BCUT2D eigenvalue weighted by molar-refractivity contribution is 6.29. The molecule has 0 aliphatic heterocycles. The summed E-state index contributed by atoms with van der Waals surface area (Å²) in [5.74, 6) is -0.304. The van der Waals surface area contributed by atoms with Crippen LogP contribution in [0.3, 0.4) is 0 Å². The van der Waals surface area contributed by atoms with E-state index in [1.54, 1.807) is 6.07 Å². The van der Waals surface area contributed by atoms with Gasteiger partial charge in [0.05, 0.1) is 22.7 Å². The lowest BCUT2D eigenvalue weighted by Gasteiger charge is -2.31. The average Bonchev–Trinajstić information content (AvgIpc) is 3.74. The largest absolute Gasteiger partial charge is 0.456 e. The van der Waals surface area contributed by atoms with Crippen molar-refractivity contribution < 1.29 is 8.81 Å². The monoisotopic (exact) mass is 820 g/mol. The first kappa shape index (κ1) is 36.2. The third-order valence-electron chi connectivity index (χ3n) is 13.0. The fourth-order valence-corrected chi connectivity index (χ4v) is 10.2. The van der Waals surface area contributed by atoms with Crippen LogP contribution in [0.25, 0.3) is 87.3 Å². The summed E-state index contributed by atoms with van der Waals surface area (Å²) in [6.45, 7) is 0. The number of nitrogens with zero attached hydrogens (tertiary/aromatic N) is 2. The Hall–Kier alpha value is -8.47. The summed E-state index contributed by atoms with van der Waals surface area (Å²) in [4.78, 5) is 4.47. The van der Waals surface area contributed by atoms with E-state index in [0.717, 1.165) is 105 Å². The third-order valence-corrected chi connectivity index (χ3v) is 13.0. The van der Waals surface area contributed by atoms with Crippen LogP contribution in [0.15, 0.2) is 229 Å². The summed E-state index contributed by atoms with van der Waals surface area (Å²) in [6.07, 6.45) is 0. The van der Waals surface area contributed by atoms with E-state index in [1.807, 2.05) is 66.7 Å². The van der Waals surface area contributed by atoms with Gasteiger partial charge in [-0.25, -0.2) is 4.39 Å². The van der Waals surface area contributed by atoms with E-state index < -0.39 is 0 Å². The summed E-state index contributed by atoms with van der Waals surface area (Å²) in [6, 6.07) is 77.6. The first-order valence-electron chi connectivity index (χ1n) is 21.7. The van der Waals surface area contributed by atoms with Crippen molar-refractivity contribution in [3.8, 4) is 22.3 Å². The van der Waals surface area contributed by atoms with Crippen molar-refractivity contribution >= 4 is 99.2 Å². The van der Waals surface area contributed by atoms with Crippen molar-refractivity contribution in [2.24, 2.45) is 0 Å². The number of anilines is 6. The lowest BCUT2D eigenvalue weighted by molar-refractivity contribution is 0.630. The Morgan fingerprint density at radius 1 is 0.328 bits per heavy atom. The van der Waals surface area contributed by atoms with Gasteiger partial charge < -0.3 is 14.2 Å². The molecule has 0 fully saturated rings. The first-order valence-corrected chi connectivity index (χ1v) is 21.7. The van der Waals surface area contributed by atoms with Gasteiger partial charge >= 0.3 is 0 Å². The van der Waals surface area contributed by atoms with Crippen LogP contribution in [0.1, 0.15) is 0 Å². The second kappa shape index (κ2) is 14.3. The minimum Gasteiger partial charge on any atom is -0.456 e. The highest BCUT2D eigenvalue weighted by Crippen LogP contribution is 2.51. The molecule has 0 N–H and O–H groups in total. The van der Waals surface area contributed by atoms with Gasteiger partial charge in [-0.15, -0.1) is 0 Å². The van der Waals surface area contributed by atoms with E-state index in [0.29, 0.717) is 5.69 Å². The van der Waals surface area contributed by atoms with Crippen LogP contribution >= 0.6 is 0 Å². The highest BCUT2D eigenvalue weighted by Gasteiger charge is 2.27. The molecular formula is C60H37FN2O. The van der Waals surface area contributed by atoms with Gasteiger partial charge in [-0.05, 0) is 110 Å². The van der Waals surface area contributed by atoms with Crippen molar-refractivity contribution in [3.05, 3.63) is 230 Å². The Balaban J connectivity index is 1.06. The van der Waals surface area contributed by atoms with Crippen molar-refractivity contribution in [1.82, 2.24) is 0 Å². The number of rotatable bonds is 8. The lowest BCUT2D eigenvalue weighted by Crippen LogP contribution is -2.14. The highest BCUT2D eigenvalue weighted by atomic mass is 19.1. The molecule has 0 aliphatic rings. The molecule has 13 aromatic rings. The fourth-order valence-electron chi connectivity index (χ4n) is 10.2. The van der Waals surface area contributed by atoms with Crippen molar-refractivity contribution in [2.45, 2.75) is 0 Å². The third kappa shape index (κ3) is 5.59. The standard InChI is InChI=1S/C60H37FN2O/c61-51-36-44(38-14-5-1-6-15-38)35-50(39-16-7-2-8-17-39)60(51)63(46-21-11-4-12-22-46)53-33-29-42-26-30-48-52(32-28-41-27-31-49(53)57(42)56(41)48)62(45-19-9-3-10-20-45)47-34-43-25-24-40-18-13-23-54-58(40)59(43)55(37-47)64-54/h1-37H. The Kier molecular flexibility index (Phi) is 8.09. The van der Waals surface area contributed by atoms with Crippen LogP contribution in [0.5, 0.6) is 0 Å². The van der Waals surface area contributed by atoms with E-state index in [9.17, 15) is 0 Å². The zero-order valence-corrected chi connectivity index (χ0v) is 34.5. The molecule has 0 radical (unpaired) electrons. The van der Waals surface area contributed by atoms with Crippen molar-refractivity contribution in [3.63, 3.8) is 0 Å². The van der Waals surface area contributed by atoms with Crippen LogP contribution < -0.4 is 9.80 Å². The topological polar surface area (TPSA) is 19.6 Å². The molecule has 12 aromatic carbocycles. The van der Waals surface area contributed by atoms with E-state index in [1.165, 1.54) is 10.8 Å². The molecule has 0 saturated heterocycles. The molecule has 4 heteroatoms. The number of hydrogen-bond acceptors (Lipinski definition) is 3. The quantitative estimate of drug-likeness (QED) is 0.142. The average molecular weight is 821 g/mol. The Morgan fingerprint density at radius 3 is 1.50 bits per heavy atom. The van der Waals surface area contributed by atoms with E-state index >= 15 is 4.39 Å². The number of hydrogen-bond donors (Lipinski definition) is 0. The number of furan rings is 1. The summed E-state index contributed by atoms with van der Waals surface area (Å²) < 4.78 is 24.1. The Labute approximate surface area is 368 Å². The van der Waals surface area contributed by atoms with Crippen molar-refractivity contribution in [1.29, 1.82) is 0 Å². The maximum Gasteiger partial charge on any atom is 0.148 e. The molecule has 0 bridgehead atoms. The molecule has 0 spiro atoms. The zero-order chi connectivity index (χ0) is 42.3. The van der Waals surface area contributed by atoms with Gasteiger partial charge in [-0.2, -0.15) is 0 Å². The molecule has 1 aromatic heterocycles. The first-order chi connectivity index (χ1) is 31.7. The predicted octanol–water partition coefficient (Wildman–Crippen LogP) is 17.5. The lowest BCUT2D eigenvalue weighted by atomic mass is 9.91. The second-order valence-electron chi connectivity index (χ2n) is 16.6. The molecule has 1 heterocycles. The maximum atomic E-state index is 17.5. The zero-order valence-electron chi connectivity index (χ0n) is 34.5. The molecular weight excluding hydrogens is 784 g/mol. The van der Waals surface area contributed by atoms with Gasteiger partial charge in [0.1, 0.15) is 17.0 Å².